The van der Waals surface area contributed by atoms with Crippen molar-refractivity contribution < 1.29 is 9.59 Å². The van der Waals surface area contributed by atoms with Crippen LogP contribution >= 0.6 is 11.6 Å². The lowest BCUT2D eigenvalue weighted by Gasteiger charge is -2.04. The quantitative estimate of drug-likeness (QED) is 0.846. The van der Waals surface area contributed by atoms with Crippen molar-refractivity contribution in [1.82, 2.24) is 5.32 Å². The number of Topliss-reactive ketones (excluding diaryl/α,β-unsaturated/α-hetero) is 1. The van der Waals surface area contributed by atoms with E-state index < -0.39 is 0 Å². The first-order chi connectivity index (χ1) is 7.09. The van der Waals surface area contributed by atoms with Crippen LogP contribution in [0.2, 0.25) is 5.02 Å². The van der Waals surface area contributed by atoms with E-state index in [0.717, 1.165) is 5.56 Å². The van der Waals surface area contributed by atoms with Gasteiger partial charge >= 0.3 is 0 Å². The fourth-order valence-corrected chi connectivity index (χ4v) is 1.30. The Morgan fingerprint density at radius 3 is 2.60 bits per heavy atom. The first kappa shape index (κ1) is 11.7. The summed E-state index contributed by atoms with van der Waals surface area (Å²) in [7, 11) is 0. The van der Waals surface area contributed by atoms with Crippen LogP contribution in [0.5, 0.6) is 0 Å². The van der Waals surface area contributed by atoms with E-state index in [1.165, 1.54) is 6.92 Å². The number of carbonyl (C=O) groups is 2. The maximum Gasteiger partial charge on any atom is 0.224 e. The molecule has 0 bridgehead atoms. The Bertz CT molecular complexity index is 377. The van der Waals surface area contributed by atoms with Crippen molar-refractivity contribution in [3.05, 3.63) is 34.9 Å². The maximum atomic E-state index is 11.3. The Balaban J connectivity index is 2.52. The van der Waals surface area contributed by atoms with Gasteiger partial charge in [-0.2, -0.15) is 0 Å². The third-order valence-corrected chi connectivity index (χ3v) is 2.21. The number of nitrogens with one attached hydrogen (secondary N) is 1. The molecule has 0 atom stereocenters. The summed E-state index contributed by atoms with van der Waals surface area (Å²) in [6.45, 7) is 1.50. The average Bonchev–Trinajstić information content (AvgIpc) is 2.18. The third-order valence-electron chi connectivity index (χ3n) is 1.84. The van der Waals surface area contributed by atoms with Gasteiger partial charge in [0.2, 0.25) is 5.91 Å². The second kappa shape index (κ2) is 5.51. The fraction of sp³-hybridized carbons (Fsp3) is 0.273. The first-order valence-electron chi connectivity index (χ1n) is 4.59. The fourth-order valence-electron chi connectivity index (χ4n) is 1.10. The molecule has 1 amide bonds. The Kier molecular flexibility index (Phi) is 4.31. The molecule has 0 heterocycles. The summed E-state index contributed by atoms with van der Waals surface area (Å²) in [5.41, 5.74) is 0.764. The molecular weight excluding hydrogens is 214 g/mol. The molecule has 0 radical (unpaired) electrons. The molecule has 0 aliphatic carbocycles. The number of amides is 1. The predicted octanol–water partition coefficient (Wildman–Crippen LogP) is 1.59. The highest BCUT2D eigenvalue weighted by Gasteiger charge is 2.06. The molecule has 0 aliphatic heterocycles. The summed E-state index contributed by atoms with van der Waals surface area (Å²) >= 11 is 5.88. The zero-order valence-corrected chi connectivity index (χ0v) is 9.17. The minimum absolute atomic E-state index is 0.0671. The van der Waals surface area contributed by atoms with Gasteiger partial charge < -0.3 is 5.32 Å². The number of carbonyl (C=O) groups excluding carboxylic acids is 2. The average molecular weight is 226 g/mol. The summed E-state index contributed by atoms with van der Waals surface area (Å²) in [4.78, 5) is 22.0. The monoisotopic (exact) mass is 225 g/mol. The van der Waals surface area contributed by atoms with Gasteiger partial charge in [0, 0.05) is 5.02 Å². The van der Waals surface area contributed by atoms with Crippen molar-refractivity contribution in [3.8, 4) is 0 Å². The molecule has 0 aliphatic rings. The highest BCUT2D eigenvalue weighted by molar-refractivity contribution is 6.31. The smallest absolute Gasteiger partial charge is 0.224 e. The molecule has 0 saturated carbocycles. The molecule has 0 fully saturated rings. The minimum Gasteiger partial charge on any atom is -0.349 e. The third kappa shape index (κ3) is 4.13. The van der Waals surface area contributed by atoms with Crippen LogP contribution in [-0.2, 0) is 16.0 Å². The Morgan fingerprint density at radius 1 is 1.33 bits per heavy atom. The lowest BCUT2D eigenvalue weighted by atomic mass is 10.1. The van der Waals surface area contributed by atoms with Crippen molar-refractivity contribution >= 4 is 23.3 Å². The van der Waals surface area contributed by atoms with E-state index in [4.69, 9.17) is 11.6 Å². The van der Waals surface area contributed by atoms with Gasteiger partial charge in [0.15, 0.2) is 0 Å². The number of hydrogen-bond acceptors (Lipinski definition) is 2. The van der Waals surface area contributed by atoms with Gasteiger partial charge in [-0.1, -0.05) is 29.8 Å². The van der Waals surface area contributed by atoms with Crippen molar-refractivity contribution in [1.29, 1.82) is 0 Å². The van der Waals surface area contributed by atoms with Gasteiger partial charge in [-0.25, -0.2) is 0 Å². The number of hydrogen-bond donors (Lipinski definition) is 1. The standard InChI is InChI=1S/C11H12ClNO2/c1-8(14)7-13-11(15)6-9-4-2-3-5-10(9)12/h2-5H,6-7H2,1H3,(H,13,15). The number of rotatable bonds is 4. The van der Waals surface area contributed by atoms with Crippen LogP contribution in [-0.4, -0.2) is 18.2 Å². The molecule has 1 N–H and O–H groups in total. The van der Waals surface area contributed by atoms with Crippen LogP contribution in [0, 0.1) is 0 Å². The van der Waals surface area contributed by atoms with Gasteiger partial charge in [-0.3, -0.25) is 9.59 Å². The van der Waals surface area contributed by atoms with E-state index in [0.29, 0.717) is 5.02 Å². The van der Waals surface area contributed by atoms with Crippen LogP contribution in [0.1, 0.15) is 12.5 Å². The maximum absolute atomic E-state index is 11.3. The molecule has 0 unspecified atom stereocenters. The van der Waals surface area contributed by atoms with E-state index in [1.807, 2.05) is 6.07 Å². The van der Waals surface area contributed by atoms with Crippen LogP contribution in [0.25, 0.3) is 0 Å². The first-order valence-corrected chi connectivity index (χ1v) is 4.97. The highest BCUT2D eigenvalue weighted by atomic mass is 35.5. The second-order valence-corrected chi connectivity index (χ2v) is 3.65. The van der Waals surface area contributed by atoms with Crippen molar-refractivity contribution in [2.75, 3.05) is 6.54 Å². The summed E-state index contributed by atoms with van der Waals surface area (Å²) in [5.74, 6) is -0.263. The van der Waals surface area contributed by atoms with Gasteiger partial charge in [-0.15, -0.1) is 0 Å². The van der Waals surface area contributed by atoms with Gasteiger partial charge in [0.25, 0.3) is 0 Å². The van der Waals surface area contributed by atoms with E-state index in [1.54, 1.807) is 18.2 Å². The molecule has 0 aromatic heterocycles. The molecule has 4 heteroatoms. The van der Waals surface area contributed by atoms with Crippen molar-refractivity contribution in [2.24, 2.45) is 0 Å². The molecule has 1 aromatic carbocycles. The zero-order valence-electron chi connectivity index (χ0n) is 8.42. The van der Waals surface area contributed by atoms with Crippen molar-refractivity contribution in [2.45, 2.75) is 13.3 Å². The lowest BCUT2D eigenvalue weighted by molar-refractivity contribution is -0.124. The highest BCUT2D eigenvalue weighted by Crippen LogP contribution is 2.14. The molecule has 1 aromatic rings. The molecule has 1 rings (SSSR count). The van der Waals surface area contributed by atoms with E-state index in [2.05, 4.69) is 5.32 Å². The molecule has 15 heavy (non-hydrogen) atoms. The molecule has 3 nitrogen and oxygen atoms in total. The Morgan fingerprint density at radius 2 is 2.00 bits per heavy atom. The molecule has 0 saturated heterocycles. The number of ketones is 1. The molecular formula is C11H12ClNO2. The van der Waals surface area contributed by atoms with E-state index >= 15 is 0 Å². The van der Waals surface area contributed by atoms with Crippen LogP contribution in [0.15, 0.2) is 24.3 Å². The summed E-state index contributed by atoms with van der Waals surface area (Å²) in [6, 6.07) is 7.14. The van der Waals surface area contributed by atoms with E-state index in [9.17, 15) is 9.59 Å². The minimum atomic E-state index is -0.196. The van der Waals surface area contributed by atoms with Crippen LogP contribution < -0.4 is 5.32 Å². The Labute approximate surface area is 93.4 Å². The lowest BCUT2D eigenvalue weighted by Crippen LogP contribution is -2.29. The summed E-state index contributed by atoms with van der Waals surface area (Å²) in [5, 5.41) is 3.08. The van der Waals surface area contributed by atoms with Gasteiger partial charge in [0.05, 0.1) is 13.0 Å². The van der Waals surface area contributed by atoms with Gasteiger partial charge in [-0.05, 0) is 18.6 Å². The SMILES string of the molecule is CC(=O)CNC(=O)Cc1ccccc1Cl. The predicted molar refractivity (Wildman–Crippen MR) is 58.8 cm³/mol. The number of benzene rings is 1. The molecule has 0 spiro atoms. The normalized spacial score (nSPS) is 9.73. The van der Waals surface area contributed by atoms with Crippen LogP contribution in [0.3, 0.4) is 0 Å². The van der Waals surface area contributed by atoms with Crippen LogP contribution in [0.4, 0.5) is 0 Å². The summed E-state index contributed by atoms with van der Waals surface area (Å²) < 4.78 is 0. The van der Waals surface area contributed by atoms with E-state index in [-0.39, 0.29) is 24.7 Å². The van der Waals surface area contributed by atoms with Crippen molar-refractivity contribution in [3.63, 3.8) is 0 Å². The number of halogens is 1. The molecule has 80 valence electrons. The second-order valence-electron chi connectivity index (χ2n) is 3.25. The largest absolute Gasteiger partial charge is 0.349 e. The van der Waals surface area contributed by atoms with Gasteiger partial charge in [0.1, 0.15) is 5.78 Å². The summed E-state index contributed by atoms with van der Waals surface area (Å²) in [6.07, 6.45) is 0.201. The topological polar surface area (TPSA) is 46.2 Å². The zero-order chi connectivity index (χ0) is 11.3. The Hall–Kier alpha value is -1.35.